The lowest BCUT2D eigenvalue weighted by atomic mass is 9.85. The Hall–Kier alpha value is -0.530. The van der Waals surface area contributed by atoms with E-state index in [4.69, 9.17) is 0 Å². The number of aryl methyl sites for hydroxylation is 1. The predicted molar refractivity (Wildman–Crippen MR) is 95.4 cm³/mol. The van der Waals surface area contributed by atoms with Crippen LogP contribution in [0.4, 0.5) is 0 Å². The smallest absolute Gasteiger partial charge is 0.00891 e. The predicted octanol–water partition coefficient (Wildman–Crippen LogP) is 5.11. The number of rotatable bonds is 1. The highest BCUT2D eigenvalue weighted by Gasteiger charge is 2.14. The van der Waals surface area contributed by atoms with Crippen LogP contribution in [0, 0.1) is 5.92 Å². The van der Waals surface area contributed by atoms with Crippen molar-refractivity contribution in [3.05, 3.63) is 35.4 Å². The third-order valence-electron chi connectivity index (χ3n) is 4.90. The summed E-state index contributed by atoms with van der Waals surface area (Å²) in [6, 6.07) is 9.72. The first-order valence-corrected chi connectivity index (χ1v) is 8.40. The van der Waals surface area contributed by atoms with Gasteiger partial charge in [0, 0.05) is 6.04 Å². The van der Waals surface area contributed by atoms with E-state index in [1.165, 1.54) is 51.4 Å². The number of halogens is 1. The van der Waals surface area contributed by atoms with Crippen molar-refractivity contribution in [1.29, 1.82) is 0 Å². The maximum Gasteiger partial charge on any atom is 0.00891 e. The zero-order chi connectivity index (χ0) is 14.4. The lowest BCUT2D eigenvalue weighted by Gasteiger charge is -2.27. The fraction of sp³-hybridized carbons (Fsp3) is 0.684. The summed E-state index contributed by atoms with van der Waals surface area (Å²) in [5.74, 6) is 0.893. The molecule has 3 rings (SSSR count). The van der Waals surface area contributed by atoms with Gasteiger partial charge in [0.15, 0.2) is 0 Å². The fourth-order valence-electron chi connectivity index (χ4n) is 3.48. The lowest BCUT2D eigenvalue weighted by Crippen LogP contribution is -2.29. The average Bonchev–Trinajstić information content (AvgIpc) is 2.48. The van der Waals surface area contributed by atoms with Crippen LogP contribution in [0.1, 0.15) is 56.6 Å². The van der Waals surface area contributed by atoms with Gasteiger partial charge in [0.1, 0.15) is 0 Å². The molecule has 0 aromatic heterocycles. The molecule has 2 heteroatoms. The second kappa shape index (κ2) is 9.48. The van der Waals surface area contributed by atoms with E-state index in [2.05, 4.69) is 50.2 Å². The molecule has 0 saturated heterocycles. The second-order valence-electron chi connectivity index (χ2n) is 6.87. The molecule has 1 unspecified atom stereocenters. The van der Waals surface area contributed by atoms with Gasteiger partial charge in [-0.3, -0.25) is 0 Å². The van der Waals surface area contributed by atoms with Crippen molar-refractivity contribution < 1.29 is 0 Å². The first-order valence-electron chi connectivity index (χ1n) is 8.40. The van der Waals surface area contributed by atoms with Crippen molar-refractivity contribution in [2.75, 3.05) is 14.1 Å². The van der Waals surface area contributed by atoms with E-state index in [0.29, 0.717) is 0 Å². The molecule has 0 aliphatic heterocycles. The Balaban J connectivity index is 0.000000205. The van der Waals surface area contributed by atoms with Gasteiger partial charge in [-0.2, -0.15) is 0 Å². The van der Waals surface area contributed by atoms with Gasteiger partial charge in [0.2, 0.25) is 0 Å². The van der Waals surface area contributed by atoms with Crippen molar-refractivity contribution in [3.8, 4) is 0 Å². The van der Waals surface area contributed by atoms with Crippen LogP contribution in [0.15, 0.2) is 24.3 Å². The highest BCUT2D eigenvalue weighted by Crippen LogP contribution is 2.24. The average molecular weight is 310 g/mol. The van der Waals surface area contributed by atoms with Gasteiger partial charge in [0.25, 0.3) is 0 Å². The van der Waals surface area contributed by atoms with Gasteiger partial charge in [-0.25, -0.2) is 0 Å². The number of hydrogen-bond donors (Lipinski definition) is 0. The summed E-state index contributed by atoms with van der Waals surface area (Å²) < 4.78 is 0. The van der Waals surface area contributed by atoms with E-state index in [-0.39, 0.29) is 12.4 Å². The third kappa shape index (κ3) is 6.00. The van der Waals surface area contributed by atoms with Crippen LogP contribution >= 0.6 is 12.4 Å². The Bertz CT molecular complexity index is 396. The minimum absolute atomic E-state index is 0. The third-order valence-corrected chi connectivity index (χ3v) is 4.90. The molecule has 1 fully saturated rings. The Morgan fingerprint density at radius 3 is 2.10 bits per heavy atom. The number of nitrogens with zero attached hydrogens (tertiary/aromatic N) is 1. The highest BCUT2D eigenvalue weighted by atomic mass is 35.5. The van der Waals surface area contributed by atoms with Gasteiger partial charge >= 0.3 is 0 Å². The van der Waals surface area contributed by atoms with Gasteiger partial charge in [-0.1, -0.05) is 50.5 Å². The van der Waals surface area contributed by atoms with Gasteiger partial charge in [-0.05, 0) is 63.2 Å². The van der Waals surface area contributed by atoms with Crippen LogP contribution in [0.3, 0.4) is 0 Å². The SMILES string of the molecule is CC1CCc2ccccc2C1.CN(C)C1CCCCC1.Cl. The summed E-state index contributed by atoms with van der Waals surface area (Å²) in [4.78, 5) is 2.36. The molecular weight excluding hydrogens is 278 g/mol. The molecular formula is C19H32ClN. The summed E-state index contributed by atoms with van der Waals surface area (Å²) in [5, 5.41) is 0. The molecule has 1 nitrogen and oxygen atoms in total. The molecule has 0 amide bonds. The van der Waals surface area contributed by atoms with Crippen molar-refractivity contribution in [2.24, 2.45) is 5.92 Å². The van der Waals surface area contributed by atoms with Crippen LogP contribution in [-0.2, 0) is 12.8 Å². The van der Waals surface area contributed by atoms with Crippen molar-refractivity contribution in [2.45, 2.75) is 64.3 Å². The van der Waals surface area contributed by atoms with Crippen LogP contribution < -0.4 is 0 Å². The quantitative estimate of drug-likeness (QED) is 0.696. The van der Waals surface area contributed by atoms with Gasteiger partial charge in [-0.15, -0.1) is 12.4 Å². The van der Waals surface area contributed by atoms with E-state index in [1.54, 1.807) is 11.1 Å². The second-order valence-corrected chi connectivity index (χ2v) is 6.87. The van der Waals surface area contributed by atoms with E-state index < -0.39 is 0 Å². The lowest BCUT2D eigenvalue weighted by molar-refractivity contribution is 0.229. The first kappa shape index (κ1) is 18.5. The summed E-state index contributed by atoms with van der Waals surface area (Å²) in [7, 11) is 4.38. The van der Waals surface area contributed by atoms with Gasteiger partial charge < -0.3 is 4.90 Å². The largest absolute Gasteiger partial charge is 0.306 e. The van der Waals surface area contributed by atoms with Crippen LogP contribution in [-0.4, -0.2) is 25.0 Å². The molecule has 1 saturated carbocycles. The molecule has 120 valence electrons. The van der Waals surface area contributed by atoms with Crippen molar-refractivity contribution in [1.82, 2.24) is 4.90 Å². The van der Waals surface area contributed by atoms with E-state index >= 15 is 0 Å². The highest BCUT2D eigenvalue weighted by molar-refractivity contribution is 5.85. The normalized spacial score (nSPS) is 21.8. The molecule has 1 aromatic carbocycles. The zero-order valence-corrected chi connectivity index (χ0v) is 14.8. The van der Waals surface area contributed by atoms with Gasteiger partial charge in [0.05, 0.1) is 0 Å². The molecule has 0 spiro atoms. The van der Waals surface area contributed by atoms with Crippen LogP contribution in [0.2, 0.25) is 0 Å². The summed E-state index contributed by atoms with van der Waals surface area (Å²) in [6.07, 6.45) is 11.2. The van der Waals surface area contributed by atoms with Crippen molar-refractivity contribution in [3.63, 3.8) is 0 Å². The van der Waals surface area contributed by atoms with Crippen LogP contribution in [0.25, 0.3) is 0 Å². The Morgan fingerprint density at radius 1 is 0.905 bits per heavy atom. The standard InChI is InChI=1S/C11H14.C8H17N.ClH/c1-9-6-7-10-4-2-3-5-11(10)8-9;1-9(2)8-6-4-3-5-7-8;/h2-5,9H,6-8H2,1H3;8H,3-7H2,1-2H3;1H. The molecule has 1 aromatic rings. The Morgan fingerprint density at radius 2 is 1.52 bits per heavy atom. The minimum Gasteiger partial charge on any atom is -0.306 e. The Kier molecular flexibility index (Phi) is 8.36. The molecule has 0 radical (unpaired) electrons. The van der Waals surface area contributed by atoms with Crippen LogP contribution in [0.5, 0.6) is 0 Å². The summed E-state index contributed by atoms with van der Waals surface area (Å²) in [6.45, 7) is 2.34. The van der Waals surface area contributed by atoms with E-state index in [0.717, 1.165) is 12.0 Å². The molecule has 1 atom stereocenters. The molecule has 2 aliphatic carbocycles. The summed E-state index contributed by atoms with van der Waals surface area (Å²) >= 11 is 0. The maximum atomic E-state index is 2.36. The number of hydrogen-bond acceptors (Lipinski definition) is 1. The molecule has 21 heavy (non-hydrogen) atoms. The topological polar surface area (TPSA) is 3.24 Å². The molecule has 0 bridgehead atoms. The summed E-state index contributed by atoms with van der Waals surface area (Å²) in [5.41, 5.74) is 3.15. The Labute approximate surface area is 137 Å². The number of fused-ring (bicyclic) bond motifs is 1. The molecule has 2 aliphatic rings. The van der Waals surface area contributed by atoms with E-state index in [1.807, 2.05) is 0 Å². The molecule has 0 N–H and O–H groups in total. The zero-order valence-electron chi connectivity index (χ0n) is 14.0. The fourth-order valence-corrected chi connectivity index (χ4v) is 3.48. The van der Waals surface area contributed by atoms with E-state index in [9.17, 15) is 0 Å². The number of benzene rings is 1. The first-order chi connectivity index (χ1) is 9.66. The minimum atomic E-state index is 0. The maximum absolute atomic E-state index is 2.36. The monoisotopic (exact) mass is 309 g/mol. The van der Waals surface area contributed by atoms with Crippen molar-refractivity contribution >= 4 is 12.4 Å². The molecule has 0 heterocycles.